The number of aliphatic hydroxyl groups is 1. The van der Waals surface area contributed by atoms with Crippen molar-refractivity contribution in [3.05, 3.63) is 29.6 Å². The Morgan fingerprint density at radius 1 is 1.39 bits per heavy atom. The molecule has 0 aliphatic heterocycles. The summed E-state index contributed by atoms with van der Waals surface area (Å²) >= 11 is 0. The molecule has 7 heteroatoms. The average Bonchev–Trinajstić information content (AvgIpc) is 2.25. The van der Waals surface area contributed by atoms with Gasteiger partial charge < -0.3 is 15.2 Å². The third-order valence-corrected chi connectivity index (χ3v) is 2.17. The third-order valence-electron chi connectivity index (χ3n) is 2.17. The number of rotatable bonds is 5. The molecule has 0 radical (unpaired) electrons. The van der Waals surface area contributed by atoms with E-state index in [0.29, 0.717) is 6.07 Å². The largest absolute Gasteiger partial charge is 0.573 e. The van der Waals surface area contributed by atoms with Crippen LogP contribution in [0.2, 0.25) is 0 Å². The van der Waals surface area contributed by atoms with E-state index < -0.39 is 17.9 Å². The van der Waals surface area contributed by atoms with Crippen LogP contribution < -0.4 is 10.1 Å². The molecular weight excluding hydrogens is 254 g/mol. The summed E-state index contributed by atoms with van der Waals surface area (Å²) in [6.07, 6.45) is -4.87. The summed E-state index contributed by atoms with van der Waals surface area (Å²) in [5.74, 6) is -1.40. The topological polar surface area (TPSA) is 41.5 Å². The second-order valence-corrected chi connectivity index (χ2v) is 3.76. The first-order chi connectivity index (χ1) is 8.31. The number of nitrogens with one attached hydrogen (secondary N) is 1. The summed E-state index contributed by atoms with van der Waals surface area (Å²) in [5, 5.41) is 11.6. The fourth-order valence-corrected chi connectivity index (χ4v) is 1.24. The Balaban J connectivity index is 2.83. The lowest BCUT2D eigenvalue weighted by molar-refractivity contribution is -0.275. The maximum atomic E-state index is 12.9. The van der Waals surface area contributed by atoms with Crippen molar-refractivity contribution in [3.8, 4) is 5.75 Å². The number of aliphatic hydroxyl groups excluding tert-OH is 1. The lowest BCUT2D eigenvalue weighted by Crippen LogP contribution is -2.29. The zero-order valence-corrected chi connectivity index (χ0v) is 9.59. The summed E-state index contributed by atoms with van der Waals surface area (Å²) in [4.78, 5) is 0. The van der Waals surface area contributed by atoms with E-state index in [2.05, 4.69) is 10.1 Å². The van der Waals surface area contributed by atoms with E-state index in [-0.39, 0.29) is 24.8 Å². The molecule has 1 atom stereocenters. The molecule has 18 heavy (non-hydrogen) atoms. The highest BCUT2D eigenvalue weighted by atomic mass is 19.4. The molecule has 0 heterocycles. The highest BCUT2D eigenvalue weighted by molar-refractivity contribution is 5.34. The Hall–Kier alpha value is -1.34. The van der Waals surface area contributed by atoms with Crippen molar-refractivity contribution in [2.75, 3.05) is 6.61 Å². The Morgan fingerprint density at radius 2 is 2.06 bits per heavy atom. The highest BCUT2D eigenvalue weighted by Crippen LogP contribution is 2.27. The number of halogens is 4. The van der Waals surface area contributed by atoms with Crippen LogP contribution in [0.15, 0.2) is 18.2 Å². The minimum atomic E-state index is -4.87. The molecule has 3 nitrogen and oxygen atoms in total. The van der Waals surface area contributed by atoms with Gasteiger partial charge in [0.25, 0.3) is 0 Å². The second kappa shape index (κ2) is 6.01. The summed E-state index contributed by atoms with van der Waals surface area (Å²) in [7, 11) is 0. The van der Waals surface area contributed by atoms with Gasteiger partial charge in [0.05, 0.1) is 6.61 Å². The smallest absolute Gasteiger partial charge is 0.405 e. The van der Waals surface area contributed by atoms with Crippen LogP contribution in [0.5, 0.6) is 5.75 Å². The van der Waals surface area contributed by atoms with Gasteiger partial charge in [-0.25, -0.2) is 4.39 Å². The van der Waals surface area contributed by atoms with Crippen LogP contribution in [0.3, 0.4) is 0 Å². The zero-order chi connectivity index (χ0) is 13.8. The molecule has 0 spiro atoms. The first kappa shape index (κ1) is 14.7. The lowest BCUT2D eigenvalue weighted by atomic mass is 10.2. The SMILES string of the molecule is CC(CO)NCc1ccc(F)cc1OC(F)(F)F. The van der Waals surface area contributed by atoms with Gasteiger partial charge >= 0.3 is 6.36 Å². The summed E-state index contributed by atoms with van der Waals surface area (Å²) in [6.45, 7) is 1.54. The van der Waals surface area contributed by atoms with E-state index in [0.717, 1.165) is 6.07 Å². The Kier molecular flexibility index (Phi) is 4.92. The maximum Gasteiger partial charge on any atom is 0.573 e. The predicted molar refractivity (Wildman–Crippen MR) is 56.5 cm³/mol. The van der Waals surface area contributed by atoms with Gasteiger partial charge in [-0.15, -0.1) is 13.2 Å². The van der Waals surface area contributed by atoms with E-state index in [1.165, 1.54) is 6.07 Å². The standard InChI is InChI=1S/C11H13F4NO2/c1-7(6-17)16-5-8-2-3-9(12)4-10(8)18-11(13,14)15/h2-4,7,16-17H,5-6H2,1H3. The number of ether oxygens (including phenoxy) is 1. The molecule has 102 valence electrons. The molecule has 1 rings (SSSR count). The normalized spacial score (nSPS) is 13.4. The first-order valence-electron chi connectivity index (χ1n) is 5.20. The van der Waals surface area contributed by atoms with Crippen LogP contribution >= 0.6 is 0 Å². The van der Waals surface area contributed by atoms with Crippen LogP contribution in [-0.2, 0) is 6.54 Å². The Labute approximate surface area is 101 Å². The molecule has 2 N–H and O–H groups in total. The van der Waals surface area contributed by atoms with Crippen molar-refractivity contribution in [2.24, 2.45) is 0 Å². The summed E-state index contributed by atoms with van der Waals surface area (Å²) in [5.41, 5.74) is 0.161. The first-order valence-corrected chi connectivity index (χ1v) is 5.20. The zero-order valence-electron chi connectivity index (χ0n) is 9.59. The molecule has 1 aromatic carbocycles. The molecule has 1 unspecified atom stereocenters. The fraction of sp³-hybridized carbons (Fsp3) is 0.455. The number of alkyl halides is 3. The molecule has 0 aliphatic carbocycles. The van der Waals surface area contributed by atoms with Crippen molar-refractivity contribution in [3.63, 3.8) is 0 Å². The van der Waals surface area contributed by atoms with Gasteiger partial charge in [0.15, 0.2) is 0 Å². The quantitative estimate of drug-likeness (QED) is 0.804. The van der Waals surface area contributed by atoms with Gasteiger partial charge in [0.1, 0.15) is 11.6 Å². The molecule has 1 aromatic rings. The van der Waals surface area contributed by atoms with E-state index >= 15 is 0 Å². The molecule has 0 saturated carbocycles. The van der Waals surface area contributed by atoms with E-state index in [1.807, 2.05) is 0 Å². The maximum absolute atomic E-state index is 12.9. The highest BCUT2D eigenvalue weighted by Gasteiger charge is 2.32. The second-order valence-electron chi connectivity index (χ2n) is 3.76. The van der Waals surface area contributed by atoms with Crippen LogP contribution in [0.4, 0.5) is 17.6 Å². The third kappa shape index (κ3) is 4.89. The van der Waals surface area contributed by atoms with Crippen LogP contribution in [0.25, 0.3) is 0 Å². The lowest BCUT2D eigenvalue weighted by Gasteiger charge is -2.15. The molecule has 0 amide bonds. The van der Waals surface area contributed by atoms with Gasteiger partial charge in [0.2, 0.25) is 0 Å². The summed E-state index contributed by atoms with van der Waals surface area (Å²) in [6, 6.07) is 2.64. The minimum Gasteiger partial charge on any atom is -0.405 e. The molecule has 0 bridgehead atoms. The van der Waals surface area contributed by atoms with Gasteiger partial charge in [-0.2, -0.15) is 0 Å². The van der Waals surface area contributed by atoms with Gasteiger partial charge in [-0.3, -0.25) is 0 Å². The summed E-state index contributed by atoms with van der Waals surface area (Å²) < 4.78 is 53.0. The van der Waals surface area contributed by atoms with Crippen molar-refractivity contribution in [1.82, 2.24) is 5.32 Å². The monoisotopic (exact) mass is 267 g/mol. The molecular formula is C11H13F4NO2. The van der Waals surface area contributed by atoms with Gasteiger partial charge in [0, 0.05) is 24.2 Å². The Bertz CT molecular complexity index is 395. The van der Waals surface area contributed by atoms with E-state index in [4.69, 9.17) is 5.11 Å². The molecule has 0 aliphatic rings. The van der Waals surface area contributed by atoms with Crippen molar-refractivity contribution < 1.29 is 27.4 Å². The number of hydrogen-bond donors (Lipinski definition) is 2. The minimum absolute atomic E-state index is 0.0351. The van der Waals surface area contributed by atoms with Gasteiger partial charge in [-0.1, -0.05) is 6.07 Å². The number of benzene rings is 1. The van der Waals surface area contributed by atoms with Crippen molar-refractivity contribution in [1.29, 1.82) is 0 Å². The van der Waals surface area contributed by atoms with Crippen molar-refractivity contribution in [2.45, 2.75) is 25.9 Å². The number of hydrogen-bond acceptors (Lipinski definition) is 3. The van der Waals surface area contributed by atoms with Crippen molar-refractivity contribution >= 4 is 0 Å². The fourth-order valence-electron chi connectivity index (χ4n) is 1.24. The Morgan fingerprint density at radius 3 is 2.61 bits per heavy atom. The van der Waals surface area contributed by atoms with Crippen LogP contribution in [0, 0.1) is 5.82 Å². The molecule has 0 aromatic heterocycles. The van der Waals surface area contributed by atoms with Crippen LogP contribution in [-0.4, -0.2) is 24.1 Å². The average molecular weight is 267 g/mol. The van der Waals surface area contributed by atoms with E-state index in [1.54, 1.807) is 6.92 Å². The molecule has 0 fully saturated rings. The van der Waals surface area contributed by atoms with Gasteiger partial charge in [-0.05, 0) is 13.0 Å². The van der Waals surface area contributed by atoms with E-state index in [9.17, 15) is 17.6 Å². The predicted octanol–water partition coefficient (Wildman–Crippen LogP) is 2.19. The molecule has 0 saturated heterocycles. The van der Waals surface area contributed by atoms with Crippen LogP contribution in [0.1, 0.15) is 12.5 Å².